The van der Waals surface area contributed by atoms with E-state index in [4.69, 9.17) is 5.73 Å². The van der Waals surface area contributed by atoms with Crippen LogP contribution in [0.3, 0.4) is 0 Å². The molecule has 1 fully saturated rings. The molecule has 0 aromatic heterocycles. The van der Waals surface area contributed by atoms with Gasteiger partial charge in [-0.25, -0.2) is 0 Å². The van der Waals surface area contributed by atoms with Crippen LogP contribution in [0.1, 0.15) is 31.4 Å². The van der Waals surface area contributed by atoms with Gasteiger partial charge < -0.3 is 31.5 Å². The van der Waals surface area contributed by atoms with Gasteiger partial charge in [-0.1, -0.05) is 6.07 Å². The highest BCUT2D eigenvalue weighted by molar-refractivity contribution is 6.24. The van der Waals surface area contributed by atoms with Crippen molar-refractivity contribution in [1.82, 2.24) is 9.80 Å². The predicted molar refractivity (Wildman–Crippen MR) is 141 cm³/mol. The van der Waals surface area contributed by atoms with Crippen LogP contribution in [0, 0.1) is 11.8 Å². The number of nitrogens with one attached hydrogen (secondary N) is 1. The number of rotatable bonds is 5. The number of carbonyl (C=O) groups excluding carboxylic acids is 4. The third-order valence-electron chi connectivity index (χ3n) is 8.52. The maximum Gasteiger partial charge on any atom is 0.255 e. The molecule has 12 nitrogen and oxygen atoms in total. The van der Waals surface area contributed by atoms with Crippen molar-refractivity contribution < 1.29 is 39.6 Å². The molecule has 12 heteroatoms. The number of hydrogen-bond donors (Lipinski definition) is 6. The zero-order valence-electron chi connectivity index (χ0n) is 22.7. The number of carbonyl (C=O) groups is 4. The molecule has 7 N–H and O–H groups in total. The summed E-state index contributed by atoms with van der Waals surface area (Å²) in [6.45, 7) is 3.38. The van der Waals surface area contributed by atoms with Crippen molar-refractivity contribution in [1.29, 1.82) is 0 Å². The highest BCUT2D eigenvalue weighted by atomic mass is 16.3. The highest BCUT2D eigenvalue weighted by Crippen LogP contribution is 2.53. The van der Waals surface area contributed by atoms with E-state index in [1.54, 1.807) is 53.0 Å². The molecule has 0 radical (unpaired) electrons. The number of aliphatic hydroxyl groups is 3. The van der Waals surface area contributed by atoms with E-state index in [1.807, 2.05) is 0 Å². The molecular formula is C27H34N4O8. The first-order chi connectivity index (χ1) is 18.0. The lowest BCUT2D eigenvalue weighted by Gasteiger charge is -2.50. The predicted octanol–water partition coefficient (Wildman–Crippen LogP) is 0.243. The molecule has 1 aromatic carbocycles. The maximum atomic E-state index is 13.9. The summed E-state index contributed by atoms with van der Waals surface area (Å²) in [5.74, 6) is -7.66. The van der Waals surface area contributed by atoms with Gasteiger partial charge >= 0.3 is 0 Å². The number of aliphatic hydroxyl groups excluding tert-OH is 2. The van der Waals surface area contributed by atoms with Crippen LogP contribution in [0.25, 0.3) is 5.76 Å². The lowest BCUT2D eigenvalue weighted by Crippen LogP contribution is -2.65. The van der Waals surface area contributed by atoms with Gasteiger partial charge in [0.15, 0.2) is 11.4 Å². The molecule has 3 unspecified atom stereocenters. The van der Waals surface area contributed by atoms with Crippen molar-refractivity contribution in [3.05, 3.63) is 40.2 Å². The molecule has 3 aliphatic rings. The van der Waals surface area contributed by atoms with Crippen LogP contribution in [0.5, 0.6) is 5.75 Å². The Balaban J connectivity index is 1.86. The van der Waals surface area contributed by atoms with Crippen molar-refractivity contribution in [2.45, 2.75) is 43.9 Å². The summed E-state index contributed by atoms with van der Waals surface area (Å²) >= 11 is 0. The van der Waals surface area contributed by atoms with Crippen LogP contribution in [-0.4, -0.2) is 99.0 Å². The third-order valence-corrected chi connectivity index (χ3v) is 8.52. The third kappa shape index (κ3) is 3.93. The number of aromatic hydroxyl groups is 1. The molecule has 0 heterocycles. The Hall–Kier alpha value is -3.74. The van der Waals surface area contributed by atoms with E-state index in [0.29, 0.717) is 5.56 Å². The number of nitrogens with zero attached hydrogens (tertiary/aromatic N) is 2. The summed E-state index contributed by atoms with van der Waals surface area (Å²) in [5.41, 5.74) is 0.975. The molecule has 0 bridgehead atoms. The van der Waals surface area contributed by atoms with Crippen molar-refractivity contribution in [3.8, 4) is 5.75 Å². The van der Waals surface area contributed by atoms with E-state index < -0.39 is 75.2 Å². The number of ketones is 2. The van der Waals surface area contributed by atoms with Gasteiger partial charge in [-0.3, -0.25) is 29.0 Å². The summed E-state index contributed by atoms with van der Waals surface area (Å²) < 4.78 is 0. The van der Waals surface area contributed by atoms with Gasteiger partial charge in [-0.2, -0.15) is 0 Å². The van der Waals surface area contributed by atoms with E-state index in [-0.39, 0.29) is 29.7 Å². The molecular weight excluding hydrogens is 508 g/mol. The van der Waals surface area contributed by atoms with Gasteiger partial charge in [0.05, 0.1) is 22.8 Å². The van der Waals surface area contributed by atoms with E-state index in [9.17, 15) is 39.6 Å². The lowest BCUT2D eigenvalue weighted by molar-refractivity contribution is -0.153. The molecule has 0 saturated heterocycles. The van der Waals surface area contributed by atoms with Crippen LogP contribution >= 0.6 is 0 Å². The average Bonchev–Trinajstić information content (AvgIpc) is 2.82. The standard InChI is InChI=1S/C27H34N4O8/c1-26(2,31(5)6)25(38)29-14-8-7-11-9-12-10-13-18(30(3)4)21(34)17(24(28)37)23(36)27(13,39)22(35)16(12)20(33)15(11)19(14)32/h7-8,12-13,18,32-33,36,39H,9-10H2,1-6H3,(H2,28,37)(H,29,38)/t12?,13?,18-,27?/m0/s1. The summed E-state index contributed by atoms with van der Waals surface area (Å²) in [4.78, 5) is 55.1. The highest BCUT2D eigenvalue weighted by Gasteiger charge is 2.64. The van der Waals surface area contributed by atoms with Crippen LogP contribution < -0.4 is 11.1 Å². The molecule has 0 aliphatic heterocycles. The van der Waals surface area contributed by atoms with E-state index in [0.717, 1.165) is 0 Å². The van der Waals surface area contributed by atoms with Crippen LogP contribution in [0.2, 0.25) is 0 Å². The first kappa shape index (κ1) is 28.3. The zero-order chi connectivity index (χ0) is 29.4. The second kappa shape index (κ2) is 9.18. The normalized spacial score (nSPS) is 26.9. The fourth-order valence-corrected chi connectivity index (χ4v) is 5.80. The smallest absolute Gasteiger partial charge is 0.255 e. The molecule has 4 atom stereocenters. The van der Waals surface area contributed by atoms with Gasteiger partial charge in [0.25, 0.3) is 5.91 Å². The number of anilines is 1. The number of phenolic OH excluding ortho intramolecular Hbond substituents is 1. The fourth-order valence-electron chi connectivity index (χ4n) is 5.80. The largest absolute Gasteiger partial charge is 0.508 e. The van der Waals surface area contributed by atoms with Crippen molar-refractivity contribution in [2.75, 3.05) is 33.5 Å². The number of Topliss-reactive ketones (excluding diaryl/α,β-unsaturated/α-hetero) is 2. The zero-order valence-corrected chi connectivity index (χ0v) is 22.7. The van der Waals surface area contributed by atoms with E-state index >= 15 is 0 Å². The van der Waals surface area contributed by atoms with Gasteiger partial charge in [0.2, 0.25) is 11.7 Å². The number of benzene rings is 1. The molecule has 210 valence electrons. The van der Waals surface area contributed by atoms with Gasteiger partial charge in [0, 0.05) is 11.5 Å². The number of primary amides is 1. The average molecular weight is 543 g/mol. The summed E-state index contributed by atoms with van der Waals surface area (Å²) in [6.07, 6.45) is 0.168. The minimum absolute atomic E-state index is 0.00202. The minimum Gasteiger partial charge on any atom is -0.508 e. The Kier molecular flexibility index (Phi) is 6.65. The van der Waals surface area contributed by atoms with Crippen LogP contribution in [0.4, 0.5) is 5.69 Å². The number of phenols is 1. The van der Waals surface area contributed by atoms with Crippen molar-refractivity contribution in [2.24, 2.45) is 17.6 Å². The van der Waals surface area contributed by atoms with Crippen LogP contribution in [-0.2, 0) is 25.6 Å². The monoisotopic (exact) mass is 542 g/mol. The van der Waals surface area contributed by atoms with Crippen molar-refractivity contribution in [3.63, 3.8) is 0 Å². The molecule has 4 rings (SSSR count). The Morgan fingerprint density at radius 3 is 2.26 bits per heavy atom. The van der Waals surface area contributed by atoms with Gasteiger partial charge in [-0.05, 0) is 72.4 Å². The maximum absolute atomic E-state index is 13.9. The first-order valence-electron chi connectivity index (χ1n) is 12.5. The Morgan fingerprint density at radius 1 is 1.10 bits per heavy atom. The van der Waals surface area contributed by atoms with E-state index in [2.05, 4.69) is 5.32 Å². The molecule has 1 aromatic rings. The van der Waals surface area contributed by atoms with E-state index in [1.165, 1.54) is 11.0 Å². The Bertz CT molecular complexity index is 1380. The number of amides is 2. The second-order valence-electron chi connectivity index (χ2n) is 11.4. The Labute approximate surface area is 225 Å². The number of fused-ring (bicyclic) bond motifs is 3. The fraction of sp³-hybridized carbons (Fsp3) is 0.481. The molecule has 1 saturated carbocycles. The number of hydrogen-bond acceptors (Lipinski definition) is 10. The molecule has 2 amide bonds. The SMILES string of the molecule is CN(C)[C@@H]1C(=O)C(C(N)=O)=C(O)C2(O)C(=O)C3=C(O)c4c(ccc(NC(=O)C(C)(C)N(C)C)c4O)CC3CC12. The summed E-state index contributed by atoms with van der Waals surface area (Å²) in [7, 11) is 6.53. The number of likely N-dealkylation sites (N-methyl/N-ethyl adjacent to an activating group) is 2. The summed E-state index contributed by atoms with van der Waals surface area (Å²) in [6, 6.07) is 1.97. The molecule has 3 aliphatic carbocycles. The van der Waals surface area contributed by atoms with Gasteiger partial charge in [-0.15, -0.1) is 0 Å². The molecule has 0 spiro atoms. The van der Waals surface area contributed by atoms with Crippen molar-refractivity contribution >= 4 is 34.8 Å². The Morgan fingerprint density at radius 2 is 1.72 bits per heavy atom. The quantitative estimate of drug-likeness (QED) is 0.222. The van der Waals surface area contributed by atoms with Gasteiger partial charge in [0.1, 0.15) is 22.8 Å². The first-order valence-corrected chi connectivity index (χ1v) is 12.5. The second-order valence-corrected chi connectivity index (χ2v) is 11.4. The van der Waals surface area contributed by atoms with Crippen LogP contribution in [0.15, 0.2) is 29.0 Å². The minimum atomic E-state index is -2.71. The lowest BCUT2D eigenvalue weighted by atomic mass is 9.57. The molecule has 39 heavy (non-hydrogen) atoms. The summed E-state index contributed by atoms with van der Waals surface area (Å²) in [5, 5.41) is 47.6. The topological polar surface area (TPSA) is 194 Å². The number of nitrogens with two attached hydrogens (primary N) is 1.